The molecule has 0 bridgehead atoms. The van der Waals surface area contributed by atoms with Gasteiger partial charge in [-0.15, -0.1) is 0 Å². The van der Waals surface area contributed by atoms with Gasteiger partial charge < -0.3 is 0 Å². The Hall–Kier alpha value is -0.920. The average molecular weight is 111 g/mol. The fourth-order valence-electron chi connectivity index (χ4n) is 0.367. The van der Waals surface area contributed by atoms with Crippen LogP contribution in [0.15, 0.2) is 17.1 Å². The highest BCUT2D eigenvalue weighted by molar-refractivity contribution is 5.96. The van der Waals surface area contributed by atoms with E-state index < -0.39 is 0 Å². The molecule has 0 unspecified atom stereocenters. The highest BCUT2D eigenvalue weighted by Gasteiger charge is 1.75. The zero-order chi connectivity index (χ0) is 6.41. The number of aliphatic imine (C=N–C) groups is 1. The number of hydrogen-bond donors (Lipinski definition) is 0. The molecular formula is C6H9NO. The lowest BCUT2D eigenvalue weighted by Crippen LogP contribution is -1.82. The Morgan fingerprint density at radius 2 is 2.25 bits per heavy atom. The second kappa shape index (κ2) is 4.24. The molecule has 0 aliphatic heterocycles. The van der Waals surface area contributed by atoms with Crippen molar-refractivity contribution in [1.82, 2.24) is 0 Å². The molecule has 44 valence electrons. The third-order valence-electron chi connectivity index (χ3n) is 0.664. The summed E-state index contributed by atoms with van der Waals surface area (Å²) < 4.78 is 0. The number of allylic oxidation sites excluding steroid dienone is 2. The lowest BCUT2D eigenvalue weighted by Gasteiger charge is -1.79. The quantitative estimate of drug-likeness (QED) is 0.388. The van der Waals surface area contributed by atoms with Gasteiger partial charge in [0, 0.05) is 5.71 Å². The van der Waals surface area contributed by atoms with Crippen molar-refractivity contribution in [2.75, 3.05) is 0 Å². The summed E-state index contributed by atoms with van der Waals surface area (Å²) in [4.78, 5) is 13.1. The van der Waals surface area contributed by atoms with E-state index in [-0.39, 0.29) is 0 Å². The number of hydrogen-bond acceptors (Lipinski definition) is 1. The fraction of sp³-hybridized carbons (Fsp3) is 0.333. The third kappa shape index (κ3) is 3.28. The summed E-state index contributed by atoms with van der Waals surface area (Å²) in [6, 6.07) is 0. The van der Waals surface area contributed by atoms with E-state index in [0.29, 0.717) is 6.41 Å². The first-order valence-corrected chi connectivity index (χ1v) is 2.42. The molecule has 8 heavy (non-hydrogen) atoms. The topological polar surface area (TPSA) is 29.4 Å². The maximum atomic E-state index is 9.67. The lowest BCUT2D eigenvalue weighted by atomic mass is 10.4. The summed E-state index contributed by atoms with van der Waals surface area (Å²) in [6.07, 6.45) is 4.14. The van der Waals surface area contributed by atoms with Crippen LogP contribution in [0.5, 0.6) is 0 Å². The van der Waals surface area contributed by atoms with Gasteiger partial charge in [0.1, 0.15) is 0 Å². The summed E-state index contributed by atoms with van der Waals surface area (Å²) in [5, 5.41) is 0. The fourth-order valence-corrected chi connectivity index (χ4v) is 0.367. The van der Waals surface area contributed by atoms with Crippen molar-refractivity contribution in [2.45, 2.75) is 13.8 Å². The molecule has 0 fully saturated rings. The van der Waals surface area contributed by atoms with Gasteiger partial charge in [-0.25, -0.2) is 4.99 Å². The molecule has 0 spiro atoms. The molecule has 0 rings (SSSR count). The molecule has 0 radical (unpaired) electrons. The van der Waals surface area contributed by atoms with E-state index in [0.717, 1.165) is 5.71 Å². The van der Waals surface area contributed by atoms with Crippen molar-refractivity contribution in [2.24, 2.45) is 4.99 Å². The molecule has 0 N–H and O–H groups in total. The van der Waals surface area contributed by atoms with E-state index in [2.05, 4.69) is 4.99 Å². The van der Waals surface area contributed by atoms with Gasteiger partial charge >= 0.3 is 0 Å². The summed E-state index contributed by atoms with van der Waals surface area (Å²) in [7, 11) is 0. The maximum absolute atomic E-state index is 9.67. The first kappa shape index (κ1) is 7.08. The standard InChI is InChI=1S/C6H9NO/c1-3-4-6(2)7-5-8/h3-5H,1-2H3/b4-3-,7-6-. The number of rotatable bonds is 2. The molecule has 0 heterocycles. The van der Waals surface area contributed by atoms with E-state index in [4.69, 9.17) is 0 Å². The van der Waals surface area contributed by atoms with E-state index in [9.17, 15) is 4.79 Å². The molecule has 0 aliphatic carbocycles. The Bertz CT molecular complexity index is 124. The SMILES string of the molecule is C/C=C\C(C)=N/C=O. The molecule has 2 nitrogen and oxygen atoms in total. The summed E-state index contributed by atoms with van der Waals surface area (Å²) in [6.45, 7) is 3.65. The Kier molecular flexibility index (Phi) is 3.76. The molecule has 2 heteroatoms. The molecule has 0 aliphatic rings. The van der Waals surface area contributed by atoms with Crippen LogP contribution in [-0.2, 0) is 4.79 Å². The van der Waals surface area contributed by atoms with Crippen LogP contribution in [0.1, 0.15) is 13.8 Å². The number of carbonyl (C=O) groups is 1. The predicted molar refractivity (Wildman–Crippen MR) is 34.0 cm³/mol. The summed E-state index contributed by atoms with van der Waals surface area (Å²) in [5.41, 5.74) is 0.738. The van der Waals surface area contributed by atoms with E-state index in [1.54, 1.807) is 13.0 Å². The van der Waals surface area contributed by atoms with Crippen molar-refractivity contribution in [1.29, 1.82) is 0 Å². The van der Waals surface area contributed by atoms with E-state index in [1.807, 2.05) is 13.0 Å². The van der Waals surface area contributed by atoms with Crippen LogP contribution in [0.2, 0.25) is 0 Å². The summed E-state index contributed by atoms with van der Waals surface area (Å²) >= 11 is 0. The van der Waals surface area contributed by atoms with Gasteiger partial charge in [0.05, 0.1) is 0 Å². The second-order valence-corrected chi connectivity index (χ2v) is 1.38. The Balaban J connectivity index is 3.79. The summed E-state index contributed by atoms with van der Waals surface area (Å²) in [5.74, 6) is 0. The average Bonchev–Trinajstić information content (AvgIpc) is 1.68. The minimum absolute atomic E-state index is 0.537. The minimum atomic E-state index is 0.537. The van der Waals surface area contributed by atoms with Crippen molar-refractivity contribution in [3.8, 4) is 0 Å². The molecule has 0 aromatic heterocycles. The Morgan fingerprint density at radius 3 is 2.62 bits per heavy atom. The van der Waals surface area contributed by atoms with Crippen LogP contribution in [0.4, 0.5) is 0 Å². The van der Waals surface area contributed by atoms with Crippen molar-refractivity contribution in [3.05, 3.63) is 12.2 Å². The van der Waals surface area contributed by atoms with Crippen LogP contribution in [0.25, 0.3) is 0 Å². The van der Waals surface area contributed by atoms with Crippen LogP contribution < -0.4 is 0 Å². The van der Waals surface area contributed by atoms with E-state index in [1.165, 1.54) is 0 Å². The van der Waals surface area contributed by atoms with Gasteiger partial charge in [0.2, 0.25) is 6.41 Å². The molecule has 0 aromatic rings. The van der Waals surface area contributed by atoms with E-state index >= 15 is 0 Å². The molecule has 0 saturated heterocycles. The molecule has 1 amide bonds. The van der Waals surface area contributed by atoms with Crippen molar-refractivity contribution < 1.29 is 4.79 Å². The second-order valence-electron chi connectivity index (χ2n) is 1.38. The molecular weight excluding hydrogens is 102 g/mol. The first-order valence-electron chi connectivity index (χ1n) is 2.42. The largest absolute Gasteiger partial charge is 0.276 e. The molecule has 0 aromatic carbocycles. The zero-order valence-corrected chi connectivity index (χ0v) is 5.09. The lowest BCUT2D eigenvalue weighted by molar-refractivity contribution is -0.106. The normalized spacial score (nSPS) is 12.5. The van der Waals surface area contributed by atoms with Crippen LogP contribution in [0, 0.1) is 0 Å². The maximum Gasteiger partial charge on any atom is 0.233 e. The third-order valence-corrected chi connectivity index (χ3v) is 0.664. The van der Waals surface area contributed by atoms with Gasteiger partial charge in [0.25, 0.3) is 0 Å². The zero-order valence-electron chi connectivity index (χ0n) is 5.09. The Labute approximate surface area is 48.9 Å². The highest BCUT2D eigenvalue weighted by Crippen LogP contribution is 1.76. The molecule has 0 saturated carbocycles. The van der Waals surface area contributed by atoms with Gasteiger partial charge in [-0.1, -0.05) is 6.08 Å². The van der Waals surface area contributed by atoms with Crippen molar-refractivity contribution in [3.63, 3.8) is 0 Å². The monoisotopic (exact) mass is 111 g/mol. The predicted octanol–water partition coefficient (Wildman–Crippen LogP) is 1.18. The van der Waals surface area contributed by atoms with Gasteiger partial charge in [-0.2, -0.15) is 0 Å². The van der Waals surface area contributed by atoms with Crippen molar-refractivity contribution >= 4 is 12.1 Å². The first-order chi connectivity index (χ1) is 3.81. The van der Waals surface area contributed by atoms with Crippen LogP contribution in [-0.4, -0.2) is 12.1 Å². The smallest absolute Gasteiger partial charge is 0.233 e. The number of amides is 1. The van der Waals surface area contributed by atoms with Crippen LogP contribution in [0.3, 0.4) is 0 Å². The number of carbonyl (C=O) groups excluding carboxylic acids is 1. The van der Waals surface area contributed by atoms with Gasteiger partial charge in [0.15, 0.2) is 0 Å². The van der Waals surface area contributed by atoms with Crippen LogP contribution >= 0.6 is 0 Å². The molecule has 0 atom stereocenters. The Morgan fingerprint density at radius 1 is 1.62 bits per heavy atom. The van der Waals surface area contributed by atoms with Gasteiger partial charge in [-0.3, -0.25) is 4.79 Å². The number of nitrogens with zero attached hydrogens (tertiary/aromatic N) is 1. The van der Waals surface area contributed by atoms with Gasteiger partial charge in [-0.05, 0) is 19.9 Å². The minimum Gasteiger partial charge on any atom is -0.276 e. The highest BCUT2D eigenvalue weighted by atomic mass is 16.1.